The van der Waals surface area contributed by atoms with Crippen molar-refractivity contribution in [1.82, 2.24) is 10.2 Å². The highest BCUT2D eigenvalue weighted by Gasteiger charge is 2.29. The molecule has 6 nitrogen and oxygen atoms in total. The Kier molecular flexibility index (Phi) is 6.08. The molecule has 0 saturated carbocycles. The minimum absolute atomic E-state index is 0.0920. The van der Waals surface area contributed by atoms with Crippen molar-refractivity contribution in [2.24, 2.45) is 17.6 Å². The maximum absolute atomic E-state index is 12.4. The first-order valence-corrected chi connectivity index (χ1v) is 6.89. The highest BCUT2D eigenvalue weighted by atomic mass is 16.3. The highest BCUT2D eigenvalue weighted by molar-refractivity contribution is 5.86. The van der Waals surface area contributed by atoms with Gasteiger partial charge in [0.25, 0.3) is 0 Å². The summed E-state index contributed by atoms with van der Waals surface area (Å²) in [6.07, 6.45) is 2.41. The fourth-order valence-electron chi connectivity index (χ4n) is 2.50. The second-order valence-electron chi connectivity index (χ2n) is 5.67. The second kappa shape index (κ2) is 7.33. The molecule has 3 amide bonds. The van der Waals surface area contributed by atoms with Crippen molar-refractivity contribution in [2.75, 3.05) is 19.7 Å². The first-order valence-electron chi connectivity index (χ1n) is 6.89. The summed E-state index contributed by atoms with van der Waals surface area (Å²) in [6, 6.07) is -1.23. The van der Waals surface area contributed by atoms with Gasteiger partial charge in [-0.15, -0.1) is 0 Å². The molecular weight excluding hydrogens is 246 g/mol. The lowest BCUT2D eigenvalue weighted by Gasteiger charge is -2.34. The fourth-order valence-corrected chi connectivity index (χ4v) is 2.50. The molecule has 2 atom stereocenters. The highest BCUT2D eigenvalue weighted by Crippen LogP contribution is 2.18. The van der Waals surface area contributed by atoms with Crippen molar-refractivity contribution in [3.8, 4) is 0 Å². The zero-order valence-corrected chi connectivity index (χ0v) is 11.8. The molecule has 0 aromatic rings. The van der Waals surface area contributed by atoms with Crippen LogP contribution < -0.4 is 11.1 Å². The third-order valence-corrected chi connectivity index (χ3v) is 3.41. The number of hydrogen-bond acceptors (Lipinski definition) is 3. The Bertz CT molecular complexity index is 320. The number of piperidine rings is 1. The van der Waals surface area contributed by atoms with Crippen LogP contribution in [0.5, 0.6) is 0 Å². The van der Waals surface area contributed by atoms with Gasteiger partial charge in [-0.2, -0.15) is 0 Å². The lowest BCUT2D eigenvalue weighted by atomic mass is 9.96. The number of likely N-dealkylation sites (tertiary alicyclic amines) is 1. The standard InChI is InChI=1S/C13H25N3O3/c1-9(2)6-11(15-13(14)19)12(18)16-5-3-4-10(7-16)8-17/h9-11,17H,3-8H2,1-2H3,(H3,14,15,19). The van der Waals surface area contributed by atoms with Gasteiger partial charge in [0.1, 0.15) is 6.04 Å². The van der Waals surface area contributed by atoms with Crippen molar-refractivity contribution in [1.29, 1.82) is 0 Å². The molecule has 0 aromatic carbocycles. The van der Waals surface area contributed by atoms with Gasteiger partial charge in [-0.3, -0.25) is 4.79 Å². The summed E-state index contributed by atoms with van der Waals surface area (Å²) in [4.78, 5) is 25.1. The van der Waals surface area contributed by atoms with Crippen LogP contribution in [0.4, 0.5) is 4.79 Å². The molecular formula is C13H25N3O3. The Labute approximate surface area is 114 Å². The van der Waals surface area contributed by atoms with E-state index in [1.165, 1.54) is 0 Å². The lowest BCUT2D eigenvalue weighted by molar-refractivity contribution is -0.135. The van der Waals surface area contributed by atoms with Gasteiger partial charge < -0.3 is 21.1 Å². The quantitative estimate of drug-likeness (QED) is 0.671. The number of nitrogens with zero attached hydrogens (tertiary/aromatic N) is 1. The Morgan fingerprint density at radius 1 is 1.47 bits per heavy atom. The van der Waals surface area contributed by atoms with E-state index in [0.29, 0.717) is 25.4 Å². The average molecular weight is 271 g/mol. The molecule has 0 bridgehead atoms. The van der Waals surface area contributed by atoms with Gasteiger partial charge in [-0.25, -0.2) is 4.79 Å². The summed E-state index contributed by atoms with van der Waals surface area (Å²) in [5.41, 5.74) is 5.13. The summed E-state index contributed by atoms with van der Waals surface area (Å²) in [6.45, 7) is 5.34. The molecule has 0 spiro atoms. The second-order valence-corrected chi connectivity index (χ2v) is 5.67. The number of nitrogens with one attached hydrogen (secondary N) is 1. The normalized spacial score (nSPS) is 21.3. The summed E-state index contributed by atoms with van der Waals surface area (Å²) in [5.74, 6) is 0.343. The number of nitrogens with two attached hydrogens (primary N) is 1. The molecule has 0 aliphatic carbocycles. The first-order chi connectivity index (χ1) is 8.93. The molecule has 0 aromatic heterocycles. The number of hydrogen-bond donors (Lipinski definition) is 3. The predicted octanol–water partition coefficient (Wildman–Crippen LogP) is 0.300. The molecule has 1 aliphatic rings. The van der Waals surface area contributed by atoms with Gasteiger partial charge >= 0.3 is 6.03 Å². The van der Waals surface area contributed by atoms with E-state index in [4.69, 9.17) is 5.73 Å². The van der Waals surface area contributed by atoms with Crippen LogP contribution in [0.1, 0.15) is 33.1 Å². The molecule has 110 valence electrons. The van der Waals surface area contributed by atoms with Crippen LogP contribution in [0, 0.1) is 11.8 Å². The Hall–Kier alpha value is -1.30. The largest absolute Gasteiger partial charge is 0.396 e. The van der Waals surface area contributed by atoms with E-state index in [-0.39, 0.29) is 18.4 Å². The van der Waals surface area contributed by atoms with Crippen molar-refractivity contribution in [3.05, 3.63) is 0 Å². The SMILES string of the molecule is CC(C)CC(NC(N)=O)C(=O)N1CCCC(CO)C1. The van der Waals surface area contributed by atoms with Gasteiger partial charge in [0.2, 0.25) is 5.91 Å². The van der Waals surface area contributed by atoms with Gasteiger partial charge in [0.15, 0.2) is 0 Å². The van der Waals surface area contributed by atoms with Gasteiger partial charge in [-0.05, 0) is 31.1 Å². The number of aliphatic hydroxyl groups excluding tert-OH is 1. The fraction of sp³-hybridized carbons (Fsp3) is 0.846. The van der Waals surface area contributed by atoms with E-state index in [9.17, 15) is 14.7 Å². The van der Waals surface area contributed by atoms with Crippen LogP contribution in [-0.2, 0) is 4.79 Å². The van der Waals surface area contributed by atoms with E-state index >= 15 is 0 Å². The zero-order valence-electron chi connectivity index (χ0n) is 11.8. The number of aliphatic hydroxyl groups is 1. The van der Waals surface area contributed by atoms with Crippen molar-refractivity contribution >= 4 is 11.9 Å². The smallest absolute Gasteiger partial charge is 0.312 e. The third-order valence-electron chi connectivity index (χ3n) is 3.41. The minimum atomic E-state index is -0.672. The topological polar surface area (TPSA) is 95.7 Å². The van der Waals surface area contributed by atoms with Crippen LogP contribution in [-0.4, -0.2) is 47.7 Å². The number of urea groups is 1. The molecule has 2 unspecified atom stereocenters. The number of carbonyl (C=O) groups excluding carboxylic acids is 2. The molecule has 1 aliphatic heterocycles. The van der Waals surface area contributed by atoms with E-state index < -0.39 is 12.1 Å². The minimum Gasteiger partial charge on any atom is -0.396 e. The summed E-state index contributed by atoms with van der Waals surface area (Å²) >= 11 is 0. The molecule has 1 heterocycles. The molecule has 6 heteroatoms. The van der Waals surface area contributed by atoms with Crippen molar-refractivity contribution in [2.45, 2.75) is 39.2 Å². The Balaban J connectivity index is 2.66. The lowest BCUT2D eigenvalue weighted by Crippen LogP contribution is -2.53. The number of carbonyl (C=O) groups is 2. The average Bonchev–Trinajstić information content (AvgIpc) is 2.36. The van der Waals surface area contributed by atoms with Crippen LogP contribution in [0.2, 0.25) is 0 Å². The third kappa shape index (κ3) is 5.06. The van der Waals surface area contributed by atoms with E-state index in [1.807, 2.05) is 13.8 Å². The van der Waals surface area contributed by atoms with Gasteiger partial charge in [0.05, 0.1) is 0 Å². The van der Waals surface area contributed by atoms with Crippen LogP contribution in [0.3, 0.4) is 0 Å². The van der Waals surface area contributed by atoms with E-state index in [0.717, 1.165) is 12.8 Å². The number of amides is 3. The van der Waals surface area contributed by atoms with Crippen molar-refractivity contribution in [3.63, 3.8) is 0 Å². The Morgan fingerprint density at radius 2 is 2.16 bits per heavy atom. The van der Waals surface area contributed by atoms with E-state index in [1.54, 1.807) is 4.90 Å². The summed E-state index contributed by atoms with van der Waals surface area (Å²) in [5, 5.41) is 11.7. The van der Waals surface area contributed by atoms with Crippen LogP contribution in [0.15, 0.2) is 0 Å². The zero-order chi connectivity index (χ0) is 14.4. The summed E-state index contributed by atoms with van der Waals surface area (Å²) < 4.78 is 0. The molecule has 19 heavy (non-hydrogen) atoms. The maximum atomic E-state index is 12.4. The number of primary amides is 1. The van der Waals surface area contributed by atoms with E-state index in [2.05, 4.69) is 5.32 Å². The number of rotatable bonds is 5. The predicted molar refractivity (Wildman–Crippen MR) is 72.4 cm³/mol. The maximum Gasteiger partial charge on any atom is 0.312 e. The van der Waals surface area contributed by atoms with Crippen molar-refractivity contribution < 1.29 is 14.7 Å². The molecule has 1 rings (SSSR count). The Morgan fingerprint density at radius 3 is 2.68 bits per heavy atom. The van der Waals surface area contributed by atoms with Crippen LogP contribution in [0.25, 0.3) is 0 Å². The molecule has 4 N–H and O–H groups in total. The van der Waals surface area contributed by atoms with Gasteiger partial charge in [0, 0.05) is 19.7 Å². The summed E-state index contributed by atoms with van der Waals surface area (Å²) in [7, 11) is 0. The molecule has 1 fully saturated rings. The van der Waals surface area contributed by atoms with Gasteiger partial charge in [-0.1, -0.05) is 13.8 Å². The first kappa shape index (κ1) is 15.8. The van der Waals surface area contributed by atoms with Crippen LogP contribution >= 0.6 is 0 Å². The molecule has 1 saturated heterocycles. The molecule has 0 radical (unpaired) electrons. The monoisotopic (exact) mass is 271 g/mol.